The van der Waals surface area contributed by atoms with Crippen molar-refractivity contribution in [2.24, 2.45) is 5.92 Å². The first-order valence-electron chi connectivity index (χ1n) is 5.08. The first-order chi connectivity index (χ1) is 7.25. The minimum atomic E-state index is 0.368. The molecule has 2 heterocycles. The van der Waals surface area contributed by atoms with Crippen molar-refractivity contribution in [3.8, 4) is 0 Å². The maximum atomic E-state index is 5.75. The minimum absolute atomic E-state index is 0.368. The third-order valence-electron chi connectivity index (χ3n) is 2.69. The molecule has 0 saturated carbocycles. The summed E-state index contributed by atoms with van der Waals surface area (Å²) < 4.78 is 5.35. The molecule has 0 bridgehead atoms. The third kappa shape index (κ3) is 2.79. The van der Waals surface area contributed by atoms with Crippen molar-refractivity contribution >= 4 is 17.3 Å². The molecule has 0 radical (unpaired) electrons. The van der Waals surface area contributed by atoms with E-state index in [1.54, 1.807) is 12.3 Å². The van der Waals surface area contributed by atoms with Gasteiger partial charge in [0.25, 0.3) is 0 Å². The molecule has 1 aliphatic rings. The Balaban J connectivity index is 1.95. The van der Waals surface area contributed by atoms with Crippen LogP contribution in [0.2, 0.25) is 5.15 Å². The van der Waals surface area contributed by atoms with Crippen LogP contribution in [-0.4, -0.2) is 29.5 Å². The van der Waals surface area contributed by atoms with Gasteiger partial charge in [0.05, 0.1) is 18.5 Å². The summed E-state index contributed by atoms with van der Waals surface area (Å²) in [6.07, 6.45) is 2.79. The second-order valence-corrected chi connectivity index (χ2v) is 4.21. The lowest BCUT2D eigenvalue weighted by Gasteiger charge is -2.19. The molecule has 0 amide bonds. The maximum Gasteiger partial charge on any atom is 0.153 e. The molecule has 1 saturated heterocycles. The fraction of sp³-hybridized carbons (Fsp3) is 0.600. The molecule has 82 valence electrons. The maximum absolute atomic E-state index is 5.75. The van der Waals surface area contributed by atoms with Crippen LogP contribution in [0.5, 0.6) is 0 Å². The molecule has 2 unspecified atom stereocenters. The summed E-state index contributed by atoms with van der Waals surface area (Å²) in [5.41, 5.74) is 0.911. The lowest BCUT2D eigenvalue weighted by atomic mass is 10.0. The van der Waals surface area contributed by atoms with E-state index in [0.29, 0.717) is 17.1 Å². The largest absolute Gasteiger partial charge is 0.381 e. The van der Waals surface area contributed by atoms with Crippen LogP contribution in [0, 0.1) is 5.92 Å². The second-order valence-electron chi connectivity index (χ2n) is 3.82. The standard InChI is InChI=1S/C10H14ClN3O/c1-7(8-2-3-15-6-8)13-9-4-10(11)14-12-5-9/h4-5,7-8H,2-3,6H2,1H3,(H,13,14). The zero-order valence-corrected chi connectivity index (χ0v) is 9.37. The molecule has 0 spiro atoms. The predicted octanol–water partition coefficient (Wildman–Crippen LogP) is 1.97. The van der Waals surface area contributed by atoms with Gasteiger partial charge in [0.1, 0.15) is 0 Å². The average molecular weight is 228 g/mol. The molecule has 1 aromatic rings. The average Bonchev–Trinajstić information content (AvgIpc) is 2.70. The molecule has 0 aromatic carbocycles. The Labute approximate surface area is 94.0 Å². The van der Waals surface area contributed by atoms with Crippen LogP contribution in [0.1, 0.15) is 13.3 Å². The number of hydrogen-bond donors (Lipinski definition) is 1. The van der Waals surface area contributed by atoms with Gasteiger partial charge in [-0.3, -0.25) is 0 Å². The molecule has 4 nitrogen and oxygen atoms in total. The zero-order valence-electron chi connectivity index (χ0n) is 8.61. The van der Waals surface area contributed by atoms with E-state index in [0.717, 1.165) is 25.3 Å². The topological polar surface area (TPSA) is 47.0 Å². The van der Waals surface area contributed by atoms with E-state index in [-0.39, 0.29) is 0 Å². The van der Waals surface area contributed by atoms with Gasteiger partial charge in [0.15, 0.2) is 5.15 Å². The highest BCUT2D eigenvalue weighted by molar-refractivity contribution is 6.29. The first-order valence-corrected chi connectivity index (χ1v) is 5.46. The van der Waals surface area contributed by atoms with E-state index in [9.17, 15) is 0 Å². The van der Waals surface area contributed by atoms with Gasteiger partial charge >= 0.3 is 0 Å². The van der Waals surface area contributed by atoms with E-state index < -0.39 is 0 Å². The van der Waals surface area contributed by atoms with Gasteiger partial charge in [-0.05, 0) is 13.3 Å². The summed E-state index contributed by atoms with van der Waals surface area (Å²) in [5, 5.41) is 11.3. The van der Waals surface area contributed by atoms with Gasteiger partial charge < -0.3 is 10.1 Å². The Kier molecular flexibility index (Phi) is 3.38. The van der Waals surface area contributed by atoms with Crippen molar-refractivity contribution in [1.29, 1.82) is 0 Å². The summed E-state index contributed by atoms with van der Waals surface area (Å²) >= 11 is 5.75. The van der Waals surface area contributed by atoms with Gasteiger partial charge in [-0.25, -0.2) is 0 Å². The Morgan fingerprint density at radius 2 is 2.53 bits per heavy atom. The molecule has 15 heavy (non-hydrogen) atoms. The molecule has 2 atom stereocenters. The molecule has 2 rings (SSSR count). The monoisotopic (exact) mass is 227 g/mol. The second kappa shape index (κ2) is 4.77. The summed E-state index contributed by atoms with van der Waals surface area (Å²) in [6.45, 7) is 3.85. The molecule has 1 aliphatic heterocycles. The minimum Gasteiger partial charge on any atom is -0.381 e. The number of rotatable bonds is 3. The Morgan fingerprint density at radius 3 is 3.20 bits per heavy atom. The summed E-state index contributed by atoms with van der Waals surface area (Å²) in [6, 6.07) is 2.15. The first kappa shape index (κ1) is 10.6. The van der Waals surface area contributed by atoms with Crippen LogP contribution < -0.4 is 5.32 Å². The number of nitrogens with one attached hydrogen (secondary N) is 1. The van der Waals surface area contributed by atoms with Gasteiger partial charge in [-0.15, -0.1) is 5.10 Å². The van der Waals surface area contributed by atoms with E-state index in [2.05, 4.69) is 22.4 Å². The molecular formula is C10H14ClN3O. The van der Waals surface area contributed by atoms with Crippen LogP contribution in [0.4, 0.5) is 5.69 Å². The van der Waals surface area contributed by atoms with Crippen molar-refractivity contribution in [3.05, 3.63) is 17.4 Å². The number of hydrogen-bond acceptors (Lipinski definition) is 4. The zero-order chi connectivity index (χ0) is 10.7. The summed E-state index contributed by atoms with van der Waals surface area (Å²) in [7, 11) is 0. The molecule has 1 N–H and O–H groups in total. The van der Waals surface area contributed by atoms with E-state index >= 15 is 0 Å². The Morgan fingerprint density at radius 1 is 1.67 bits per heavy atom. The van der Waals surface area contributed by atoms with Crippen molar-refractivity contribution in [2.75, 3.05) is 18.5 Å². The highest BCUT2D eigenvalue weighted by Gasteiger charge is 2.22. The van der Waals surface area contributed by atoms with E-state index in [4.69, 9.17) is 16.3 Å². The smallest absolute Gasteiger partial charge is 0.153 e. The summed E-state index contributed by atoms with van der Waals surface area (Å²) in [4.78, 5) is 0. The van der Waals surface area contributed by atoms with Gasteiger partial charge in [0, 0.05) is 24.6 Å². The van der Waals surface area contributed by atoms with Crippen molar-refractivity contribution in [3.63, 3.8) is 0 Å². The van der Waals surface area contributed by atoms with E-state index in [1.807, 2.05) is 0 Å². The van der Waals surface area contributed by atoms with Crippen LogP contribution >= 0.6 is 11.6 Å². The lowest BCUT2D eigenvalue weighted by molar-refractivity contribution is 0.183. The van der Waals surface area contributed by atoms with Crippen LogP contribution in [0.3, 0.4) is 0 Å². The molecular weight excluding hydrogens is 214 g/mol. The van der Waals surface area contributed by atoms with Crippen LogP contribution in [0.15, 0.2) is 12.3 Å². The summed E-state index contributed by atoms with van der Waals surface area (Å²) in [5.74, 6) is 0.567. The number of anilines is 1. The Bertz CT molecular complexity index is 328. The number of halogens is 1. The van der Waals surface area contributed by atoms with Crippen LogP contribution in [-0.2, 0) is 4.74 Å². The highest BCUT2D eigenvalue weighted by atomic mass is 35.5. The fourth-order valence-corrected chi connectivity index (χ4v) is 1.91. The van der Waals surface area contributed by atoms with Gasteiger partial charge in [-0.2, -0.15) is 5.10 Å². The number of nitrogens with zero attached hydrogens (tertiary/aromatic N) is 2. The predicted molar refractivity (Wildman–Crippen MR) is 59.1 cm³/mol. The Hall–Kier alpha value is -0.870. The van der Waals surface area contributed by atoms with Crippen molar-refractivity contribution in [1.82, 2.24) is 10.2 Å². The van der Waals surface area contributed by atoms with Gasteiger partial charge in [0.2, 0.25) is 0 Å². The molecule has 1 aromatic heterocycles. The quantitative estimate of drug-likeness (QED) is 0.858. The molecule has 5 heteroatoms. The van der Waals surface area contributed by atoms with Crippen LogP contribution in [0.25, 0.3) is 0 Å². The van der Waals surface area contributed by atoms with Gasteiger partial charge in [-0.1, -0.05) is 11.6 Å². The SMILES string of the molecule is CC(Nc1cnnc(Cl)c1)C1CCOC1. The third-order valence-corrected chi connectivity index (χ3v) is 2.88. The fourth-order valence-electron chi connectivity index (χ4n) is 1.75. The lowest BCUT2D eigenvalue weighted by Crippen LogP contribution is -2.26. The van der Waals surface area contributed by atoms with E-state index in [1.165, 1.54) is 0 Å². The normalized spacial score (nSPS) is 22.7. The van der Waals surface area contributed by atoms with Crippen molar-refractivity contribution in [2.45, 2.75) is 19.4 Å². The number of ether oxygens (including phenoxy) is 1. The molecule has 1 fully saturated rings. The molecule has 0 aliphatic carbocycles. The van der Waals surface area contributed by atoms with Crippen molar-refractivity contribution < 1.29 is 4.74 Å². The highest BCUT2D eigenvalue weighted by Crippen LogP contribution is 2.20. The number of aromatic nitrogens is 2.